The summed E-state index contributed by atoms with van der Waals surface area (Å²) in [6.45, 7) is 2.12. The van der Waals surface area contributed by atoms with Crippen LogP contribution < -0.4 is 10.4 Å². The summed E-state index contributed by atoms with van der Waals surface area (Å²) in [5.41, 5.74) is 8.03. The minimum Gasteiger partial charge on any atom is -0.294 e. The quantitative estimate of drug-likeness (QED) is 0.661. The predicted molar refractivity (Wildman–Crippen MR) is 89.8 cm³/mol. The van der Waals surface area contributed by atoms with E-state index in [-0.39, 0.29) is 0 Å². The molecule has 0 aliphatic rings. The lowest BCUT2D eigenvalue weighted by molar-refractivity contribution is 1.14. The van der Waals surface area contributed by atoms with E-state index in [4.69, 9.17) is 0 Å². The third kappa shape index (κ3) is 3.06. The van der Waals surface area contributed by atoms with Gasteiger partial charge in [0.05, 0.1) is 17.1 Å². The van der Waals surface area contributed by atoms with Gasteiger partial charge in [-0.2, -0.15) is 0 Å². The number of nitrogens with one attached hydrogen (secondary N) is 1. The average molecular weight is 274 g/mol. The van der Waals surface area contributed by atoms with Gasteiger partial charge in [-0.3, -0.25) is 10.4 Å². The van der Waals surface area contributed by atoms with Crippen molar-refractivity contribution in [1.29, 1.82) is 0 Å². The molecule has 0 amide bonds. The highest BCUT2D eigenvalue weighted by atomic mass is 15.5. The Bertz CT molecular complexity index is 693. The highest BCUT2D eigenvalue weighted by Crippen LogP contribution is 2.28. The molecule has 0 bridgehead atoms. The van der Waals surface area contributed by atoms with Crippen LogP contribution in [0.1, 0.15) is 5.56 Å². The van der Waals surface area contributed by atoms with E-state index in [1.165, 1.54) is 5.56 Å². The van der Waals surface area contributed by atoms with E-state index in [2.05, 4.69) is 65.9 Å². The van der Waals surface area contributed by atoms with Gasteiger partial charge in [0.25, 0.3) is 0 Å². The van der Waals surface area contributed by atoms with Crippen molar-refractivity contribution in [2.75, 3.05) is 10.4 Å². The number of hydrogen-bond donors (Lipinski definition) is 1. The molecule has 2 heteroatoms. The molecule has 0 unspecified atom stereocenters. The number of hydrogen-bond acceptors (Lipinski definition) is 2. The summed E-state index contributed by atoms with van der Waals surface area (Å²) in [6, 6.07) is 28.9. The molecule has 2 nitrogen and oxygen atoms in total. The van der Waals surface area contributed by atoms with Crippen molar-refractivity contribution in [3.8, 4) is 0 Å². The monoisotopic (exact) mass is 274 g/mol. The van der Waals surface area contributed by atoms with Gasteiger partial charge >= 0.3 is 0 Å². The van der Waals surface area contributed by atoms with Crippen LogP contribution in [-0.4, -0.2) is 0 Å². The lowest BCUT2D eigenvalue weighted by Gasteiger charge is -2.28. The van der Waals surface area contributed by atoms with Gasteiger partial charge in [-0.25, -0.2) is 0 Å². The molecule has 0 spiro atoms. The standard InChI is InChI=1S/C19H18N2/c1-16-10-8-9-15-19(16)21(18-13-6-3-7-14-18)20-17-11-4-2-5-12-17/h2-15,20H,1H3. The molecule has 0 aliphatic carbocycles. The van der Waals surface area contributed by atoms with Gasteiger partial charge in [0, 0.05) is 0 Å². The number of hydrazine groups is 1. The number of aryl methyl sites for hydroxylation is 1. The molecule has 3 aromatic rings. The predicted octanol–water partition coefficient (Wildman–Crippen LogP) is 5.16. The second-order valence-corrected chi connectivity index (χ2v) is 4.94. The third-order valence-electron chi connectivity index (χ3n) is 3.39. The van der Waals surface area contributed by atoms with E-state index >= 15 is 0 Å². The van der Waals surface area contributed by atoms with E-state index in [0.717, 1.165) is 17.1 Å². The minimum atomic E-state index is 1.06. The summed E-state index contributed by atoms with van der Waals surface area (Å²) in [6.07, 6.45) is 0. The first-order chi connectivity index (χ1) is 10.3. The average Bonchev–Trinajstić information content (AvgIpc) is 2.55. The SMILES string of the molecule is Cc1ccccc1N(Nc1ccccc1)c1ccccc1. The molecule has 0 heterocycles. The highest BCUT2D eigenvalue weighted by Gasteiger charge is 2.11. The van der Waals surface area contributed by atoms with Gasteiger partial charge in [0.15, 0.2) is 0 Å². The van der Waals surface area contributed by atoms with Crippen molar-refractivity contribution in [3.05, 3.63) is 90.5 Å². The zero-order valence-electron chi connectivity index (χ0n) is 12.0. The Morgan fingerprint density at radius 2 is 1.24 bits per heavy atom. The maximum Gasteiger partial charge on any atom is 0.0659 e. The Morgan fingerprint density at radius 3 is 1.90 bits per heavy atom. The number of rotatable bonds is 4. The van der Waals surface area contributed by atoms with Crippen LogP contribution >= 0.6 is 0 Å². The third-order valence-corrected chi connectivity index (χ3v) is 3.39. The lowest BCUT2D eigenvalue weighted by atomic mass is 10.2. The van der Waals surface area contributed by atoms with E-state index in [9.17, 15) is 0 Å². The van der Waals surface area contributed by atoms with Crippen LogP contribution in [0.25, 0.3) is 0 Å². The van der Waals surface area contributed by atoms with E-state index in [1.54, 1.807) is 0 Å². The highest BCUT2D eigenvalue weighted by molar-refractivity contribution is 5.70. The normalized spacial score (nSPS) is 10.1. The van der Waals surface area contributed by atoms with Crippen molar-refractivity contribution >= 4 is 17.1 Å². The van der Waals surface area contributed by atoms with Gasteiger partial charge in [-0.1, -0.05) is 54.6 Å². The van der Waals surface area contributed by atoms with Gasteiger partial charge in [-0.05, 0) is 42.8 Å². The van der Waals surface area contributed by atoms with Crippen molar-refractivity contribution in [2.45, 2.75) is 6.92 Å². The van der Waals surface area contributed by atoms with Crippen LogP contribution in [0.4, 0.5) is 17.1 Å². The largest absolute Gasteiger partial charge is 0.294 e. The number of anilines is 3. The zero-order valence-corrected chi connectivity index (χ0v) is 12.0. The number of benzene rings is 3. The molecule has 0 fully saturated rings. The van der Waals surface area contributed by atoms with E-state index in [0.29, 0.717) is 0 Å². The van der Waals surface area contributed by atoms with Crippen molar-refractivity contribution < 1.29 is 0 Å². The van der Waals surface area contributed by atoms with Crippen LogP contribution in [0.5, 0.6) is 0 Å². The fraction of sp³-hybridized carbons (Fsp3) is 0.0526. The van der Waals surface area contributed by atoms with Crippen LogP contribution in [0.3, 0.4) is 0 Å². The molecule has 104 valence electrons. The minimum absolute atomic E-state index is 1.06. The Labute approximate surface area is 125 Å². The molecule has 0 atom stereocenters. The molecule has 0 saturated heterocycles. The number of para-hydroxylation sites is 3. The molecule has 0 saturated carbocycles. The summed E-state index contributed by atoms with van der Waals surface area (Å²) < 4.78 is 0. The Morgan fingerprint density at radius 1 is 0.667 bits per heavy atom. The molecule has 3 aromatic carbocycles. The van der Waals surface area contributed by atoms with Crippen molar-refractivity contribution in [1.82, 2.24) is 0 Å². The first kappa shape index (κ1) is 13.3. The Hall–Kier alpha value is -2.74. The maximum absolute atomic E-state index is 3.49. The van der Waals surface area contributed by atoms with E-state index < -0.39 is 0 Å². The number of nitrogens with zero attached hydrogens (tertiary/aromatic N) is 1. The molecule has 0 radical (unpaired) electrons. The molecular formula is C19H18N2. The Kier molecular flexibility index (Phi) is 3.88. The first-order valence-corrected chi connectivity index (χ1v) is 7.07. The second kappa shape index (κ2) is 6.14. The molecule has 0 aromatic heterocycles. The van der Waals surface area contributed by atoms with Crippen LogP contribution in [0.2, 0.25) is 0 Å². The molecule has 0 aliphatic heterocycles. The summed E-state index contributed by atoms with van der Waals surface area (Å²) >= 11 is 0. The summed E-state index contributed by atoms with van der Waals surface area (Å²) in [7, 11) is 0. The van der Waals surface area contributed by atoms with Gasteiger partial charge in [0.2, 0.25) is 0 Å². The van der Waals surface area contributed by atoms with Crippen molar-refractivity contribution in [2.24, 2.45) is 0 Å². The zero-order chi connectivity index (χ0) is 14.5. The second-order valence-electron chi connectivity index (χ2n) is 4.94. The van der Waals surface area contributed by atoms with E-state index in [1.807, 2.05) is 36.4 Å². The fourth-order valence-corrected chi connectivity index (χ4v) is 2.30. The van der Waals surface area contributed by atoms with Crippen LogP contribution in [-0.2, 0) is 0 Å². The summed E-state index contributed by atoms with van der Waals surface area (Å²) in [4.78, 5) is 0. The lowest BCUT2D eigenvalue weighted by Crippen LogP contribution is -2.25. The van der Waals surface area contributed by atoms with Gasteiger partial charge in [0.1, 0.15) is 0 Å². The first-order valence-electron chi connectivity index (χ1n) is 7.07. The van der Waals surface area contributed by atoms with Crippen molar-refractivity contribution in [3.63, 3.8) is 0 Å². The maximum atomic E-state index is 3.49. The van der Waals surface area contributed by atoms with Crippen LogP contribution in [0.15, 0.2) is 84.9 Å². The summed E-state index contributed by atoms with van der Waals surface area (Å²) in [5, 5.41) is 2.12. The molecule has 21 heavy (non-hydrogen) atoms. The fourth-order valence-electron chi connectivity index (χ4n) is 2.30. The van der Waals surface area contributed by atoms with Gasteiger partial charge < -0.3 is 0 Å². The molecular weight excluding hydrogens is 256 g/mol. The molecule has 1 N–H and O–H groups in total. The van der Waals surface area contributed by atoms with Gasteiger partial charge in [-0.15, -0.1) is 0 Å². The molecule has 3 rings (SSSR count). The topological polar surface area (TPSA) is 15.3 Å². The smallest absolute Gasteiger partial charge is 0.0659 e. The Balaban J connectivity index is 2.02. The summed E-state index contributed by atoms with van der Waals surface area (Å²) in [5.74, 6) is 0. The van der Waals surface area contributed by atoms with Crippen LogP contribution in [0, 0.1) is 6.92 Å².